The molecule has 1 aliphatic heterocycles. The van der Waals surface area contributed by atoms with E-state index in [9.17, 15) is 18.4 Å². The van der Waals surface area contributed by atoms with E-state index in [2.05, 4.69) is 5.32 Å². The van der Waals surface area contributed by atoms with E-state index in [1.807, 2.05) is 30.3 Å². The van der Waals surface area contributed by atoms with Crippen LogP contribution in [0.4, 0.5) is 8.78 Å². The van der Waals surface area contributed by atoms with Crippen molar-refractivity contribution in [2.45, 2.75) is 18.9 Å². The first-order valence-corrected chi connectivity index (χ1v) is 10.6. The highest BCUT2D eigenvalue weighted by atomic mass is 19.1. The number of rotatable bonds is 5. The van der Waals surface area contributed by atoms with E-state index in [0.29, 0.717) is 24.1 Å². The van der Waals surface area contributed by atoms with Crippen LogP contribution in [0.2, 0.25) is 0 Å². The lowest BCUT2D eigenvalue weighted by Crippen LogP contribution is -2.48. The first-order chi connectivity index (χ1) is 15.5. The lowest BCUT2D eigenvalue weighted by atomic mass is 9.83. The minimum atomic E-state index is -0.410. The summed E-state index contributed by atoms with van der Waals surface area (Å²) < 4.78 is 26.7. The maximum Gasteiger partial charge on any atom is 0.253 e. The van der Waals surface area contributed by atoms with Gasteiger partial charge in [0.2, 0.25) is 5.91 Å². The molecule has 6 heteroatoms. The fourth-order valence-electron chi connectivity index (χ4n) is 4.18. The molecule has 0 aromatic heterocycles. The fourth-order valence-corrected chi connectivity index (χ4v) is 4.18. The highest BCUT2D eigenvalue weighted by Crippen LogP contribution is 2.31. The Bertz CT molecular complexity index is 1090. The van der Waals surface area contributed by atoms with E-state index >= 15 is 0 Å². The second kappa shape index (κ2) is 9.73. The van der Waals surface area contributed by atoms with Crippen molar-refractivity contribution in [3.63, 3.8) is 0 Å². The Morgan fingerprint density at radius 2 is 1.62 bits per heavy atom. The summed E-state index contributed by atoms with van der Waals surface area (Å²) >= 11 is 0. The Hall–Kier alpha value is -3.54. The fraction of sp³-hybridized carbons (Fsp3) is 0.231. The van der Waals surface area contributed by atoms with Gasteiger partial charge in [-0.05, 0) is 53.9 Å². The maximum absolute atomic E-state index is 13.4. The Labute approximate surface area is 185 Å². The molecule has 4 nitrogen and oxygen atoms in total. The van der Waals surface area contributed by atoms with Crippen LogP contribution in [0.15, 0.2) is 78.9 Å². The number of carbonyl (C=O) groups excluding carboxylic acids is 2. The molecule has 3 aromatic rings. The minimum Gasteiger partial charge on any atom is -0.352 e. The molecular formula is C26H24F2N2O2. The molecule has 164 valence electrons. The number of likely N-dealkylation sites (tertiary alicyclic amines) is 1. The molecule has 3 aromatic carbocycles. The standard InChI is InChI=1S/C26H24F2N2O2/c27-23-11-9-20(10-12-23)26(32)30-16-21(19-6-2-1-3-7-19)14-22(17-30)25(31)29-15-18-5-4-8-24(28)13-18/h1-13,21-22H,14-17H2,(H,29,31)/t21-,22+/m1/s1. The molecule has 1 heterocycles. The number of amides is 2. The molecule has 0 aliphatic carbocycles. The molecular weight excluding hydrogens is 410 g/mol. The predicted molar refractivity (Wildman–Crippen MR) is 118 cm³/mol. The molecule has 0 radical (unpaired) electrons. The van der Waals surface area contributed by atoms with Crippen LogP contribution in [0.25, 0.3) is 0 Å². The summed E-state index contributed by atoms with van der Waals surface area (Å²) in [5.74, 6) is -1.57. The summed E-state index contributed by atoms with van der Waals surface area (Å²) in [6, 6.07) is 21.3. The van der Waals surface area contributed by atoms with Gasteiger partial charge in [0, 0.05) is 31.1 Å². The van der Waals surface area contributed by atoms with Crippen LogP contribution >= 0.6 is 0 Å². The molecule has 1 aliphatic rings. The van der Waals surface area contributed by atoms with E-state index < -0.39 is 11.7 Å². The summed E-state index contributed by atoms with van der Waals surface area (Å²) in [5, 5.41) is 2.88. The smallest absolute Gasteiger partial charge is 0.253 e. The van der Waals surface area contributed by atoms with Crippen molar-refractivity contribution in [2.24, 2.45) is 5.92 Å². The molecule has 1 saturated heterocycles. The van der Waals surface area contributed by atoms with Gasteiger partial charge in [-0.3, -0.25) is 9.59 Å². The third kappa shape index (κ3) is 5.19. The Balaban J connectivity index is 1.51. The van der Waals surface area contributed by atoms with Crippen LogP contribution in [-0.4, -0.2) is 29.8 Å². The van der Waals surface area contributed by atoms with Gasteiger partial charge in [-0.15, -0.1) is 0 Å². The lowest BCUT2D eigenvalue weighted by molar-refractivity contribution is -0.126. The van der Waals surface area contributed by atoms with E-state index in [1.165, 1.54) is 36.4 Å². The Kier molecular flexibility index (Phi) is 6.59. The summed E-state index contributed by atoms with van der Waals surface area (Å²) in [6.45, 7) is 0.970. The van der Waals surface area contributed by atoms with Crippen molar-refractivity contribution in [3.05, 3.63) is 107 Å². The first-order valence-electron chi connectivity index (χ1n) is 10.6. The molecule has 4 rings (SSSR count). The number of piperidine rings is 1. The average Bonchev–Trinajstić information content (AvgIpc) is 2.83. The van der Waals surface area contributed by atoms with Crippen molar-refractivity contribution >= 4 is 11.8 Å². The predicted octanol–water partition coefficient (Wildman–Crippen LogP) is 4.53. The molecule has 0 bridgehead atoms. The van der Waals surface area contributed by atoms with Gasteiger partial charge in [0.1, 0.15) is 11.6 Å². The Morgan fingerprint density at radius 1 is 0.875 bits per heavy atom. The molecule has 2 amide bonds. The molecule has 32 heavy (non-hydrogen) atoms. The normalized spacial score (nSPS) is 18.2. The monoisotopic (exact) mass is 434 g/mol. The van der Waals surface area contributed by atoms with Crippen LogP contribution in [0.5, 0.6) is 0 Å². The van der Waals surface area contributed by atoms with E-state index in [4.69, 9.17) is 0 Å². The number of nitrogens with one attached hydrogen (secondary N) is 1. The van der Waals surface area contributed by atoms with Crippen LogP contribution in [0, 0.1) is 17.6 Å². The largest absolute Gasteiger partial charge is 0.352 e. The molecule has 0 saturated carbocycles. The molecule has 1 N–H and O–H groups in total. The number of benzene rings is 3. The van der Waals surface area contributed by atoms with Crippen molar-refractivity contribution in [3.8, 4) is 0 Å². The van der Waals surface area contributed by atoms with Gasteiger partial charge in [-0.25, -0.2) is 8.78 Å². The van der Waals surface area contributed by atoms with Crippen molar-refractivity contribution < 1.29 is 18.4 Å². The second-order valence-electron chi connectivity index (χ2n) is 8.10. The third-order valence-electron chi connectivity index (χ3n) is 5.83. The highest BCUT2D eigenvalue weighted by molar-refractivity contribution is 5.94. The molecule has 0 unspecified atom stereocenters. The summed E-state index contributed by atoms with van der Waals surface area (Å²) in [6.07, 6.45) is 0.603. The van der Waals surface area contributed by atoms with Gasteiger partial charge in [0.25, 0.3) is 5.91 Å². The molecule has 1 fully saturated rings. The van der Waals surface area contributed by atoms with Gasteiger partial charge in [0.05, 0.1) is 5.92 Å². The quantitative estimate of drug-likeness (QED) is 0.642. The van der Waals surface area contributed by atoms with E-state index in [0.717, 1.165) is 5.56 Å². The zero-order chi connectivity index (χ0) is 22.5. The second-order valence-corrected chi connectivity index (χ2v) is 8.10. The minimum absolute atomic E-state index is 0.000678. The van der Waals surface area contributed by atoms with E-state index in [1.54, 1.807) is 17.0 Å². The summed E-state index contributed by atoms with van der Waals surface area (Å²) in [5.41, 5.74) is 2.12. The van der Waals surface area contributed by atoms with Crippen LogP contribution < -0.4 is 5.32 Å². The van der Waals surface area contributed by atoms with Gasteiger partial charge in [-0.2, -0.15) is 0 Å². The summed E-state index contributed by atoms with van der Waals surface area (Å²) in [4.78, 5) is 27.8. The van der Waals surface area contributed by atoms with E-state index in [-0.39, 0.29) is 36.6 Å². The van der Waals surface area contributed by atoms with Gasteiger partial charge in [0.15, 0.2) is 0 Å². The van der Waals surface area contributed by atoms with Crippen LogP contribution in [0.3, 0.4) is 0 Å². The van der Waals surface area contributed by atoms with Crippen molar-refractivity contribution in [1.82, 2.24) is 10.2 Å². The highest BCUT2D eigenvalue weighted by Gasteiger charge is 2.34. The zero-order valence-corrected chi connectivity index (χ0v) is 17.5. The van der Waals surface area contributed by atoms with Gasteiger partial charge >= 0.3 is 0 Å². The first kappa shape index (κ1) is 21.7. The van der Waals surface area contributed by atoms with Gasteiger partial charge in [-0.1, -0.05) is 42.5 Å². The number of halogens is 2. The number of nitrogens with zero attached hydrogens (tertiary/aromatic N) is 1. The SMILES string of the molecule is O=C(NCc1cccc(F)c1)[C@H]1C[C@@H](c2ccccc2)CN(C(=O)c2ccc(F)cc2)C1. The number of hydrogen-bond acceptors (Lipinski definition) is 2. The number of carbonyl (C=O) groups is 2. The third-order valence-corrected chi connectivity index (χ3v) is 5.83. The van der Waals surface area contributed by atoms with Crippen LogP contribution in [0.1, 0.15) is 33.8 Å². The maximum atomic E-state index is 13.4. The van der Waals surface area contributed by atoms with Gasteiger partial charge < -0.3 is 10.2 Å². The summed E-state index contributed by atoms with van der Waals surface area (Å²) in [7, 11) is 0. The van der Waals surface area contributed by atoms with Crippen molar-refractivity contribution in [1.29, 1.82) is 0 Å². The molecule has 0 spiro atoms. The molecule has 2 atom stereocenters. The number of hydrogen-bond donors (Lipinski definition) is 1. The topological polar surface area (TPSA) is 49.4 Å². The van der Waals surface area contributed by atoms with Crippen molar-refractivity contribution in [2.75, 3.05) is 13.1 Å². The average molecular weight is 434 g/mol. The Morgan fingerprint density at radius 3 is 2.34 bits per heavy atom. The zero-order valence-electron chi connectivity index (χ0n) is 17.5. The lowest BCUT2D eigenvalue weighted by Gasteiger charge is -2.37. The van der Waals surface area contributed by atoms with Crippen LogP contribution in [-0.2, 0) is 11.3 Å².